The molecule has 0 spiro atoms. The maximum Gasteiger partial charge on any atom is 0.112 e. The van der Waals surface area contributed by atoms with Gasteiger partial charge in [0.2, 0.25) is 0 Å². The van der Waals surface area contributed by atoms with Gasteiger partial charge in [-0.05, 0) is 31.2 Å². The van der Waals surface area contributed by atoms with Crippen LogP contribution >= 0.6 is 0 Å². The Hall–Kier alpha value is -1.46. The van der Waals surface area contributed by atoms with Gasteiger partial charge in [0.15, 0.2) is 0 Å². The van der Waals surface area contributed by atoms with Crippen molar-refractivity contribution >= 4 is 5.69 Å². The van der Waals surface area contributed by atoms with Crippen LogP contribution in [0.3, 0.4) is 0 Å². The van der Waals surface area contributed by atoms with Crippen molar-refractivity contribution in [3.63, 3.8) is 0 Å². The van der Waals surface area contributed by atoms with Crippen molar-refractivity contribution in [1.82, 2.24) is 0 Å². The molecule has 0 fully saturated rings. The second kappa shape index (κ2) is 4.69. The van der Waals surface area contributed by atoms with Gasteiger partial charge < -0.3 is 10.0 Å². The van der Waals surface area contributed by atoms with E-state index < -0.39 is 6.10 Å². The molecule has 74 valence electrons. The standard InChI is InChI=1S/C12H15NO/c1-10(14)4-5-11-6-8-12(9-7-11)13(2)3/h6-10,14H,1-3H3/t10-/m1/s1. The summed E-state index contributed by atoms with van der Waals surface area (Å²) in [7, 11) is 3.99. The summed E-state index contributed by atoms with van der Waals surface area (Å²) in [4.78, 5) is 2.03. The maximum atomic E-state index is 8.97. The molecule has 0 amide bonds. The third-order valence-electron chi connectivity index (χ3n) is 1.81. The summed E-state index contributed by atoms with van der Waals surface area (Å²) in [6, 6.07) is 7.91. The number of aliphatic hydroxyl groups excluding tert-OH is 1. The Kier molecular flexibility index (Phi) is 3.55. The van der Waals surface area contributed by atoms with Gasteiger partial charge in [0.25, 0.3) is 0 Å². The molecule has 0 heterocycles. The molecule has 1 rings (SSSR count). The van der Waals surface area contributed by atoms with Crippen LogP contribution in [-0.4, -0.2) is 25.3 Å². The molecule has 2 nitrogen and oxygen atoms in total. The first-order valence-electron chi connectivity index (χ1n) is 4.56. The minimum Gasteiger partial charge on any atom is -0.381 e. The van der Waals surface area contributed by atoms with Gasteiger partial charge in [-0.1, -0.05) is 11.8 Å². The quantitative estimate of drug-likeness (QED) is 0.676. The SMILES string of the molecule is C[C@@H](O)C#Cc1ccc(N(C)C)cc1. The van der Waals surface area contributed by atoms with Crippen molar-refractivity contribution in [2.24, 2.45) is 0 Å². The van der Waals surface area contributed by atoms with E-state index in [1.807, 2.05) is 43.3 Å². The van der Waals surface area contributed by atoms with Crippen molar-refractivity contribution in [3.8, 4) is 11.8 Å². The predicted octanol–water partition coefficient (Wildman–Crippen LogP) is 1.48. The van der Waals surface area contributed by atoms with Gasteiger partial charge in [-0.3, -0.25) is 0 Å². The third-order valence-corrected chi connectivity index (χ3v) is 1.81. The first-order valence-corrected chi connectivity index (χ1v) is 4.56. The molecule has 0 aliphatic carbocycles. The van der Waals surface area contributed by atoms with E-state index in [4.69, 9.17) is 5.11 Å². The van der Waals surface area contributed by atoms with E-state index in [2.05, 4.69) is 11.8 Å². The zero-order chi connectivity index (χ0) is 10.6. The molecule has 1 aromatic rings. The van der Waals surface area contributed by atoms with Gasteiger partial charge in [0, 0.05) is 25.3 Å². The van der Waals surface area contributed by atoms with Crippen molar-refractivity contribution < 1.29 is 5.11 Å². The van der Waals surface area contributed by atoms with Gasteiger partial charge in [-0.2, -0.15) is 0 Å². The molecule has 14 heavy (non-hydrogen) atoms. The molecule has 2 heteroatoms. The van der Waals surface area contributed by atoms with E-state index in [0.29, 0.717) is 0 Å². The van der Waals surface area contributed by atoms with Crippen LogP contribution in [0.2, 0.25) is 0 Å². The summed E-state index contributed by atoms with van der Waals surface area (Å²) in [5.74, 6) is 5.59. The molecule has 1 atom stereocenters. The summed E-state index contributed by atoms with van der Waals surface area (Å²) in [5.41, 5.74) is 2.07. The van der Waals surface area contributed by atoms with E-state index in [1.165, 1.54) is 0 Å². The van der Waals surface area contributed by atoms with Crippen molar-refractivity contribution in [1.29, 1.82) is 0 Å². The Morgan fingerprint density at radius 1 is 1.21 bits per heavy atom. The smallest absolute Gasteiger partial charge is 0.112 e. The van der Waals surface area contributed by atoms with E-state index in [9.17, 15) is 0 Å². The highest BCUT2D eigenvalue weighted by atomic mass is 16.3. The average molecular weight is 189 g/mol. The number of benzene rings is 1. The minimum absolute atomic E-state index is 0.566. The first kappa shape index (κ1) is 10.6. The molecular weight excluding hydrogens is 174 g/mol. The molecule has 0 aliphatic rings. The summed E-state index contributed by atoms with van der Waals surface area (Å²) < 4.78 is 0. The van der Waals surface area contributed by atoms with Crippen LogP contribution < -0.4 is 4.90 Å². The van der Waals surface area contributed by atoms with Crippen LogP contribution in [0.5, 0.6) is 0 Å². The first-order chi connectivity index (χ1) is 6.59. The van der Waals surface area contributed by atoms with Crippen LogP contribution in [0, 0.1) is 11.8 Å². The molecular formula is C12H15NO. The third kappa shape index (κ3) is 3.12. The highest BCUT2D eigenvalue weighted by Crippen LogP contribution is 2.11. The number of hydrogen-bond acceptors (Lipinski definition) is 2. The fourth-order valence-electron chi connectivity index (χ4n) is 1.03. The Morgan fingerprint density at radius 3 is 2.21 bits per heavy atom. The molecule has 0 saturated carbocycles. The van der Waals surface area contributed by atoms with E-state index in [0.717, 1.165) is 11.3 Å². The van der Waals surface area contributed by atoms with Crippen LogP contribution in [-0.2, 0) is 0 Å². The van der Waals surface area contributed by atoms with E-state index in [-0.39, 0.29) is 0 Å². The lowest BCUT2D eigenvalue weighted by molar-refractivity contribution is 0.253. The summed E-state index contributed by atoms with van der Waals surface area (Å²) in [6.45, 7) is 1.65. The monoisotopic (exact) mass is 189 g/mol. The Balaban J connectivity index is 2.80. The van der Waals surface area contributed by atoms with Gasteiger partial charge in [-0.25, -0.2) is 0 Å². The number of rotatable bonds is 1. The molecule has 0 saturated heterocycles. The van der Waals surface area contributed by atoms with E-state index in [1.54, 1.807) is 6.92 Å². The molecule has 0 radical (unpaired) electrons. The second-order valence-electron chi connectivity index (χ2n) is 3.39. The number of aliphatic hydroxyl groups is 1. The van der Waals surface area contributed by atoms with Crippen molar-refractivity contribution in [2.75, 3.05) is 19.0 Å². The normalized spacial score (nSPS) is 11.4. The predicted molar refractivity (Wildman–Crippen MR) is 59.3 cm³/mol. The minimum atomic E-state index is -0.566. The molecule has 0 bridgehead atoms. The van der Waals surface area contributed by atoms with Gasteiger partial charge in [0.05, 0.1) is 0 Å². The van der Waals surface area contributed by atoms with Gasteiger partial charge >= 0.3 is 0 Å². The Labute approximate surface area is 85.2 Å². The van der Waals surface area contributed by atoms with Crippen LogP contribution in [0.15, 0.2) is 24.3 Å². The van der Waals surface area contributed by atoms with Crippen LogP contribution in [0.25, 0.3) is 0 Å². The zero-order valence-corrected chi connectivity index (χ0v) is 8.78. The summed E-state index contributed by atoms with van der Waals surface area (Å²) in [5, 5.41) is 8.97. The van der Waals surface area contributed by atoms with Crippen LogP contribution in [0.4, 0.5) is 5.69 Å². The fraction of sp³-hybridized carbons (Fsp3) is 0.333. The molecule has 0 aromatic heterocycles. The Bertz CT molecular complexity index is 341. The summed E-state index contributed by atoms with van der Waals surface area (Å²) >= 11 is 0. The lowest BCUT2D eigenvalue weighted by Gasteiger charge is -2.11. The fourth-order valence-corrected chi connectivity index (χ4v) is 1.03. The zero-order valence-electron chi connectivity index (χ0n) is 8.78. The van der Waals surface area contributed by atoms with Gasteiger partial charge in [-0.15, -0.1) is 0 Å². The van der Waals surface area contributed by atoms with Gasteiger partial charge in [0.1, 0.15) is 6.10 Å². The number of nitrogens with zero attached hydrogens (tertiary/aromatic N) is 1. The largest absolute Gasteiger partial charge is 0.381 e. The maximum absolute atomic E-state index is 8.97. The lowest BCUT2D eigenvalue weighted by atomic mass is 10.2. The summed E-state index contributed by atoms with van der Waals surface area (Å²) in [6.07, 6.45) is -0.566. The lowest BCUT2D eigenvalue weighted by Crippen LogP contribution is -2.07. The van der Waals surface area contributed by atoms with Crippen LogP contribution in [0.1, 0.15) is 12.5 Å². The molecule has 0 unspecified atom stereocenters. The van der Waals surface area contributed by atoms with Crippen molar-refractivity contribution in [2.45, 2.75) is 13.0 Å². The second-order valence-corrected chi connectivity index (χ2v) is 3.39. The Morgan fingerprint density at radius 2 is 1.79 bits per heavy atom. The average Bonchev–Trinajstić information content (AvgIpc) is 2.15. The number of anilines is 1. The highest BCUT2D eigenvalue weighted by Gasteiger charge is 1.93. The topological polar surface area (TPSA) is 23.5 Å². The number of hydrogen-bond donors (Lipinski definition) is 1. The highest BCUT2D eigenvalue weighted by molar-refractivity contribution is 5.49. The molecule has 1 aromatic carbocycles. The van der Waals surface area contributed by atoms with E-state index >= 15 is 0 Å². The van der Waals surface area contributed by atoms with Crippen molar-refractivity contribution in [3.05, 3.63) is 29.8 Å². The molecule has 1 N–H and O–H groups in total. The molecule has 0 aliphatic heterocycles.